The molecule has 2 aromatic rings. The summed E-state index contributed by atoms with van der Waals surface area (Å²) in [5.41, 5.74) is 1.10. The van der Waals surface area contributed by atoms with Crippen LogP contribution in [0.1, 0.15) is 23.3 Å². The molecule has 2 fully saturated rings. The largest absolute Gasteiger partial charge is 0.337 e. The molecule has 6 nitrogen and oxygen atoms in total. The van der Waals surface area contributed by atoms with Crippen LogP contribution < -0.4 is 5.32 Å². The second-order valence-electron chi connectivity index (χ2n) is 6.55. The molecule has 0 bridgehead atoms. The van der Waals surface area contributed by atoms with E-state index in [9.17, 15) is 4.79 Å². The Morgan fingerprint density at radius 2 is 1.84 bits per heavy atom. The number of fused-ring (bicyclic) bond motifs is 1. The van der Waals surface area contributed by atoms with Crippen molar-refractivity contribution in [2.45, 2.75) is 12.8 Å². The normalized spacial score (nSPS) is 22.8. The summed E-state index contributed by atoms with van der Waals surface area (Å²) < 4.78 is 1.56. The fourth-order valence-electron chi connectivity index (χ4n) is 3.70. The van der Waals surface area contributed by atoms with Crippen LogP contribution in [-0.2, 0) is 0 Å². The highest BCUT2D eigenvalue weighted by molar-refractivity contribution is 6.32. The molecule has 1 aromatic carbocycles. The van der Waals surface area contributed by atoms with E-state index in [2.05, 4.69) is 15.6 Å². The van der Waals surface area contributed by atoms with E-state index >= 15 is 0 Å². The summed E-state index contributed by atoms with van der Waals surface area (Å²) in [5.74, 6) is 1.35. The number of nitrogens with zero attached hydrogens (tertiary/aromatic N) is 4. The van der Waals surface area contributed by atoms with Crippen molar-refractivity contribution >= 4 is 29.9 Å². The van der Waals surface area contributed by atoms with Gasteiger partial charge in [0.05, 0.1) is 16.9 Å². The summed E-state index contributed by atoms with van der Waals surface area (Å²) >= 11 is 6.18. The number of para-hydroxylation sites is 1. The number of carbonyl (C=O) groups excluding carboxylic acids is 1. The molecule has 3 heterocycles. The van der Waals surface area contributed by atoms with Gasteiger partial charge in [-0.3, -0.25) is 4.79 Å². The number of aromatic nitrogens is 3. The van der Waals surface area contributed by atoms with Crippen molar-refractivity contribution in [1.82, 2.24) is 25.2 Å². The van der Waals surface area contributed by atoms with Crippen molar-refractivity contribution in [2.24, 2.45) is 11.8 Å². The average molecular weight is 382 g/mol. The molecular weight excluding hydrogens is 361 g/mol. The molecule has 0 unspecified atom stereocenters. The maximum atomic E-state index is 12.8. The van der Waals surface area contributed by atoms with Gasteiger partial charge in [-0.05, 0) is 49.9 Å². The Bertz CT molecular complexity index is 736. The second-order valence-corrected chi connectivity index (χ2v) is 6.95. The number of hydrogen-bond donors (Lipinski definition) is 1. The monoisotopic (exact) mass is 381 g/mol. The first-order valence-corrected chi connectivity index (χ1v) is 8.77. The summed E-state index contributed by atoms with van der Waals surface area (Å²) in [4.78, 5) is 14.7. The van der Waals surface area contributed by atoms with Gasteiger partial charge in [0.2, 0.25) is 0 Å². The van der Waals surface area contributed by atoms with Gasteiger partial charge in [-0.1, -0.05) is 28.9 Å². The molecule has 8 heteroatoms. The third-order valence-corrected chi connectivity index (χ3v) is 5.44. The van der Waals surface area contributed by atoms with E-state index in [1.165, 1.54) is 0 Å². The molecule has 4 rings (SSSR count). The Kier molecular flexibility index (Phi) is 5.61. The molecule has 1 amide bonds. The van der Waals surface area contributed by atoms with Crippen molar-refractivity contribution < 1.29 is 4.79 Å². The maximum Gasteiger partial charge on any atom is 0.276 e. The van der Waals surface area contributed by atoms with Crippen LogP contribution >= 0.6 is 24.0 Å². The number of hydrogen-bond acceptors (Lipinski definition) is 4. The lowest BCUT2D eigenvalue weighted by Crippen LogP contribution is -2.33. The summed E-state index contributed by atoms with van der Waals surface area (Å²) in [5, 5.41) is 12.2. The van der Waals surface area contributed by atoms with Gasteiger partial charge >= 0.3 is 0 Å². The van der Waals surface area contributed by atoms with Crippen molar-refractivity contribution in [3.63, 3.8) is 0 Å². The Balaban J connectivity index is 0.00000182. The van der Waals surface area contributed by atoms with E-state index in [-0.39, 0.29) is 18.3 Å². The predicted molar refractivity (Wildman–Crippen MR) is 98.6 cm³/mol. The van der Waals surface area contributed by atoms with E-state index in [0.717, 1.165) is 44.7 Å². The summed E-state index contributed by atoms with van der Waals surface area (Å²) in [6, 6.07) is 7.39. The maximum absolute atomic E-state index is 12.8. The van der Waals surface area contributed by atoms with Crippen LogP contribution in [0.2, 0.25) is 5.02 Å². The summed E-state index contributed by atoms with van der Waals surface area (Å²) in [6.07, 6.45) is 3.78. The topological polar surface area (TPSA) is 63.1 Å². The lowest BCUT2D eigenvalue weighted by molar-refractivity contribution is 0.0752. The minimum absolute atomic E-state index is 0. The van der Waals surface area contributed by atoms with E-state index in [4.69, 9.17) is 11.6 Å². The van der Waals surface area contributed by atoms with Crippen LogP contribution in [-0.4, -0.2) is 52.0 Å². The van der Waals surface area contributed by atoms with Gasteiger partial charge in [-0.25, -0.2) is 4.68 Å². The lowest BCUT2D eigenvalue weighted by Gasteiger charge is -2.19. The highest BCUT2D eigenvalue weighted by Gasteiger charge is 2.32. The molecule has 25 heavy (non-hydrogen) atoms. The molecule has 0 saturated carbocycles. The number of nitrogens with one attached hydrogen (secondary N) is 1. The van der Waals surface area contributed by atoms with Crippen LogP contribution in [0.25, 0.3) is 5.69 Å². The fourth-order valence-corrected chi connectivity index (χ4v) is 3.92. The molecular formula is C17H21Cl2N5O. The minimum atomic E-state index is -0.0405. The Morgan fingerprint density at radius 1 is 1.16 bits per heavy atom. The molecule has 2 saturated heterocycles. The average Bonchev–Trinajstić information content (AvgIpc) is 3.21. The van der Waals surface area contributed by atoms with Crippen molar-refractivity contribution in [1.29, 1.82) is 0 Å². The van der Waals surface area contributed by atoms with Crippen LogP contribution in [0.3, 0.4) is 0 Å². The first-order chi connectivity index (χ1) is 11.7. The molecule has 0 spiro atoms. The molecule has 2 aliphatic rings. The predicted octanol–water partition coefficient (Wildman–Crippen LogP) is 2.41. The van der Waals surface area contributed by atoms with Crippen molar-refractivity contribution in [3.05, 3.63) is 41.2 Å². The lowest BCUT2D eigenvalue weighted by atomic mass is 9.92. The summed E-state index contributed by atoms with van der Waals surface area (Å²) in [7, 11) is 0. The van der Waals surface area contributed by atoms with Gasteiger partial charge in [0, 0.05) is 13.1 Å². The molecule has 1 N–H and O–H groups in total. The zero-order valence-corrected chi connectivity index (χ0v) is 15.3. The Morgan fingerprint density at radius 3 is 2.52 bits per heavy atom. The number of rotatable bonds is 2. The fraction of sp³-hybridized carbons (Fsp3) is 0.471. The van der Waals surface area contributed by atoms with Crippen LogP contribution in [0, 0.1) is 11.8 Å². The molecule has 0 aliphatic carbocycles. The highest BCUT2D eigenvalue weighted by atomic mass is 35.5. The van der Waals surface area contributed by atoms with E-state index in [1.54, 1.807) is 16.9 Å². The molecule has 2 aliphatic heterocycles. The standard InChI is InChI=1S/C17H20ClN5O.ClH/c18-14-3-1-2-4-16(14)23-11-15(20-21-23)17(24)22-7-5-12-9-19-10-13(12)6-8-22;/h1-4,11-13,19H,5-10H2;1H/t12-,13+;. The zero-order chi connectivity index (χ0) is 16.5. The van der Waals surface area contributed by atoms with Gasteiger partial charge in [0.15, 0.2) is 5.69 Å². The van der Waals surface area contributed by atoms with Gasteiger partial charge in [0.25, 0.3) is 5.91 Å². The molecule has 0 radical (unpaired) electrons. The van der Waals surface area contributed by atoms with Crippen LogP contribution in [0.5, 0.6) is 0 Å². The van der Waals surface area contributed by atoms with Gasteiger partial charge in [0.1, 0.15) is 0 Å². The zero-order valence-electron chi connectivity index (χ0n) is 13.8. The van der Waals surface area contributed by atoms with E-state index in [0.29, 0.717) is 22.6 Å². The molecule has 134 valence electrons. The Hall–Kier alpha value is -1.63. The molecule has 1 aromatic heterocycles. The first-order valence-electron chi connectivity index (χ1n) is 8.39. The van der Waals surface area contributed by atoms with Crippen LogP contribution in [0.15, 0.2) is 30.5 Å². The van der Waals surface area contributed by atoms with E-state index in [1.807, 2.05) is 23.1 Å². The second kappa shape index (κ2) is 7.72. The van der Waals surface area contributed by atoms with Crippen molar-refractivity contribution in [2.75, 3.05) is 26.2 Å². The third-order valence-electron chi connectivity index (χ3n) is 5.12. The third kappa shape index (κ3) is 3.66. The SMILES string of the molecule is Cl.O=C(c1cn(-c2ccccc2Cl)nn1)N1CC[C@@H]2CNC[C@@H]2CC1. The first kappa shape index (κ1) is 18.2. The number of likely N-dealkylation sites (tertiary alicyclic amines) is 1. The highest BCUT2D eigenvalue weighted by Crippen LogP contribution is 2.27. The van der Waals surface area contributed by atoms with Crippen LogP contribution in [0.4, 0.5) is 0 Å². The molecule has 2 atom stereocenters. The number of benzene rings is 1. The number of carbonyl (C=O) groups is 1. The van der Waals surface area contributed by atoms with Gasteiger partial charge < -0.3 is 10.2 Å². The van der Waals surface area contributed by atoms with Gasteiger partial charge in [-0.15, -0.1) is 17.5 Å². The smallest absolute Gasteiger partial charge is 0.276 e. The number of halogens is 2. The number of amides is 1. The minimum Gasteiger partial charge on any atom is -0.337 e. The quantitative estimate of drug-likeness (QED) is 0.867. The Labute approximate surface area is 157 Å². The van der Waals surface area contributed by atoms with Gasteiger partial charge in [-0.2, -0.15) is 0 Å². The van der Waals surface area contributed by atoms with Crippen molar-refractivity contribution in [3.8, 4) is 5.69 Å². The summed E-state index contributed by atoms with van der Waals surface area (Å²) in [6.45, 7) is 3.74. The van der Waals surface area contributed by atoms with E-state index < -0.39 is 0 Å².